The maximum absolute atomic E-state index is 11.7. The second-order valence-corrected chi connectivity index (χ2v) is 6.06. The molecule has 0 N–H and O–H groups in total. The molecular formula is C12H13BrO2S. The van der Waals surface area contributed by atoms with Crippen molar-refractivity contribution in [2.75, 3.05) is 6.26 Å². The summed E-state index contributed by atoms with van der Waals surface area (Å²) in [4.78, 5) is 0.813. The van der Waals surface area contributed by atoms with Crippen molar-refractivity contribution in [3.8, 4) is 0 Å². The zero-order valence-corrected chi connectivity index (χ0v) is 12.1. The highest BCUT2D eigenvalue weighted by Crippen LogP contribution is 2.36. The minimum Gasteiger partial charge on any atom is -0.460 e. The number of hydrogen-bond acceptors (Lipinski definition) is 2. The largest absolute Gasteiger partial charge is 0.460 e. The number of furan rings is 1. The fourth-order valence-electron chi connectivity index (χ4n) is 2.02. The van der Waals surface area contributed by atoms with Gasteiger partial charge in [-0.05, 0) is 38.0 Å². The van der Waals surface area contributed by atoms with E-state index >= 15 is 0 Å². The van der Waals surface area contributed by atoms with Gasteiger partial charge in [0.25, 0.3) is 0 Å². The van der Waals surface area contributed by atoms with E-state index in [0.29, 0.717) is 0 Å². The molecule has 1 aromatic heterocycles. The van der Waals surface area contributed by atoms with Crippen LogP contribution in [0.15, 0.2) is 19.9 Å². The third-order valence-electron chi connectivity index (χ3n) is 2.74. The second-order valence-electron chi connectivity index (χ2n) is 3.95. The molecule has 1 aromatic carbocycles. The van der Waals surface area contributed by atoms with Crippen molar-refractivity contribution in [3.05, 3.63) is 27.4 Å². The molecule has 0 amide bonds. The Hall–Kier alpha value is -0.610. The lowest BCUT2D eigenvalue weighted by Crippen LogP contribution is -1.91. The smallest absolute Gasteiger partial charge is 0.136 e. The summed E-state index contributed by atoms with van der Waals surface area (Å²) in [6.45, 7) is 5.90. The molecule has 86 valence electrons. The van der Waals surface area contributed by atoms with E-state index in [2.05, 4.69) is 15.9 Å². The fourth-order valence-corrected chi connectivity index (χ4v) is 3.32. The van der Waals surface area contributed by atoms with E-state index in [1.165, 1.54) is 0 Å². The topological polar surface area (TPSA) is 30.2 Å². The molecule has 0 unspecified atom stereocenters. The van der Waals surface area contributed by atoms with E-state index in [-0.39, 0.29) is 0 Å². The Morgan fingerprint density at radius 1 is 1.31 bits per heavy atom. The molecule has 0 fully saturated rings. The lowest BCUT2D eigenvalue weighted by Gasteiger charge is -2.04. The lowest BCUT2D eigenvalue weighted by atomic mass is 10.1. The van der Waals surface area contributed by atoms with Crippen molar-refractivity contribution in [2.24, 2.45) is 0 Å². The minimum atomic E-state index is -1.02. The van der Waals surface area contributed by atoms with Crippen molar-refractivity contribution in [2.45, 2.75) is 25.7 Å². The first-order chi connectivity index (χ1) is 7.43. The van der Waals surface area contributed by atoms with Gasteiger partial charge in [-0.1, -0.05) is 15.9 Å². The molecular weight excluding hydrogens is 288 g/mol. The fraction of sp³-hybridized carbons (Fsp3) is 0.333. The van der Waals surface area contributed by atoms with Gasteiger partial charge in [0.1, 0.15) is 11.3 Å². The molecule has 0 aliphatic rings. The summed E-state index contributed by atoms with van der Waals surface area (Å²) in [5.74, 6) is 0.747. The van der Waals surface area contributed by atoms with E-state index in [0.717, 1.165) is 37.2 Å². The highest BCUT2D eigenvalue weighted by atomic mass is 79.9. The van der Waals surface area contributed by atoms with Gasteiger partial charge >= 0.3 is 0 Å². The highest BCUT2D eigenvalue weighted by Gasteiger charge is 2.18. The van der Waals surface area contributed by atoms with Crippen molar-refractivity contribution < 1.29 is 8.63 Å². The Balaban J connectivity index is 2.98. The van der Waals surface area contributed by atoms with E-state index in [9.17, 15) is 4.21 Å². The summed E-state index contributed by atoms with van der Waals surface area (Å²) in [5, 5.41) is 0.982. The number of benzene rings is 1. The predicted molar refractivity (Wildman–Crippen MR) is 70.5 cm³/mol. The summed E-state index contributed by atoms with van der Waals surface area (Å²) in [5.41, 5.74) is 3.05. The van der Waals surface area contributed by atoms with Crippen LogP contribution in [0.5, 0.6) is 0 Å². The molecule has 2 aromatic rings. The summed E-state index contributed by atoms with van der Waals surface area (Å²) < 4.78 is 18.5. The van der Waals surface area contributed by atoms with Gasteiger partial charge in [0.05, 0.1) is 15.7 Å². The van der Waals surface area contributed by atoms with Crippen LogP contribution in [-0.2, 0) is 10.8 Å². The van der Waals surface area contributed by atoms with Crippen LogP contribution in [0.3, 0.4) is 0 Å². The molecule has 0 aliphatic heterocycles. The van der Waals surface area contributed by atoms with Crippen LogP contribution >= 0.6 is 15.9 Å². The minimum absolute atomic E-state index is 0.747. The Kier molecular flexibility index (Phi) is 2.97. The Morgan fingerprint density at radius 3 is 2.50 bits per heavy atom. The van der Waals surface area contributed by atoms with E-state index in [4.69, 9.17) is 4.42 Å². The van der Waals surface area contributed by atoms with Crippen molar-refractivity contribution in [1.29, 1.82) is 0 Å². The molecule has 16 heavy (non-hydrogen) atoms. The number of aryl methyl sites for hydroxylation is 3. The Bertz CT molecular complexity index is 599. The first-order valence-electron chi connectivity index (χ1n) is 4.95. The molecule has 0 saturated carbocycles. The average Bonchev–Trinajstić information content (AvgIpc) is 2.51. The predicted octanol–water partition coefficient (Wildman–Crippen LogP) is 3.86. The summed E-state index contributed by atoms with van der Waals surface area (Å²) >= 11 is 3.55. The standard InChI is InChI=1S/C12H13BrO2S/c1-6-5-9-10(7(2)11(6)13)12(16(4)14)8(3)15-9/h5H,1-4H3/t16-/m1/s1. The molecule has 0 saturated heterocycles. The first kappa shape index (κ1) is 11.9. The van der Waals surface area contributed by atoms with Gasteiger partial charge < -0.3 is 4.42 Å². The normalized spacial score (nSPS) is 13.3. The quantitative estimate of drug-likeness (QED) is 0.800. The number of rotatable bonds is 1. The summed E-state index contributed by atoms with van der Waals surface area (Å²) in [7, 11) is -1.02. The molecule has 4 heteroatoms. The Labute approximate surface area is 106 Å². The molecule has 2 rings (SSSR count). The average molecular weight is 301 g/mol. The van der Waals surface area contributed by atoms with Crippen LogP contribution in [-0.4, -0.2) is 10.5 Å². The van der Waals surface area contributed by atoms with Gasteiger partial charge in [-0.25, -0.2) is 0 Å². The van der Waals surface area contributed by atoms with Crippen LogP contribution in [0.4, 0.5) is 0 Å². The highest BCUT2D eigenvalue weighted by molar-refractivity contribution is 9.10. The van der Waals surface area contributed by atoms with E-state index in [1.807, 2.05) is 26.8 Å². The van der Waals surface area contributed by atoms with E-state index in [1.54, 1.807) is 6.26 Å². The second kappa shape index (κ2) is 4.00. The monoisotopic (exact) mass is 300 g/mol. The molecule has 2 nitrogen and oxygen atoms in total. The number of halogens is 1. The van der Waals surface area contributed by atoms with Crippen LogP contribution in [0.2, 0.25) is 0 Å². The lowest BCUT2D eigenvalue weighted by molar-refractivity contribution is 0.566. The first-order valence-corrected chi connectivity index (χ1v) is 7.30. The number of hydrogen-bond donors (Lipinski definition) is 0. The van der Waals surface area contributed by atoms with Gasteiger partial charge in [-0.3, -0.25) is 4.21 Å². The van der Waals surface area contributed by atoms with E-state index < -0.39 is 10.8 Å². The third-order valence-corrected chi connectivity index (χ3v) is 5.03. The van der Waals surface area contributed by atoms with Crippen LogP contribution < -0.4 is 0 Å². The van der Waals surface area contributed by atoms with Crippen molar-refractivity contribution in [1.82, 2.24) is 0 Å². The summed E-state index contributed by atoms with van der Waals surface area (Å²) in [6.07, 6.45) is 1.69. The molecule has 0 radical (unpaired) electrons. The van der Waals surface area contributed by atoms with Gasteiger partial charge in [-0.2, -0.15) is 0 Å². The molecule has 0 spiro atoms. The number of fused-ring (bicyclic) bond motifs is 1. The van der Waals surface area contributed by atoms with Crippen LogP contribution in [0.25, 0.3) is 11.0 Å². The molecule has 1 heterocycles. The van der Waals surface area contributed by atoms with Gasteiger partial charge in [0.2, 0.25) is 0 Å². The van der Waals surface area contributed by atoms with Crippen molar-refractivity contribution >= 4 is 37.7 Å². The maximum Gasteiger partial charge on any atom is 0.136 e. The molecule has 1 atom stereocenters. The zero-order valence-electron chi connectivity index (χ0n) is 9.68. The molecule has 0 bridgehead atoms. The maximum atomic E-state index is 11.7. The Morgan fingerprint density at radius 2 is 1.94 bits per heavy atom. The van der Waals surface area contributed by atoms with Gasteiger partial charge in [0, 0.05) is 16.1 Å². The van der Waals surface area contributed by atoms with Crippen LogP contribution in [0.1, 0.15) is 16.9 Å². The zero-order chi connectivity index (χ0) is 12.0. The SMILES string of the molecule is Cc1cc2oc(C)c([S@@](C)=O)c2c(C)c1Br. The molecule has 0 aliphatic carbocycles. The van der Waals surface area contributed by atoms with Gasteiger partial charge in [0.15, 0.2) is 0 Å². The van der Waals surface area contributed by atoms with Gasteiger partial charge in [-0.15, -0.1) is 0 Å². The van der Waals surface area contributed by atoms with Crippen molar-refractivity contribution in [3.63, 3.8) is 0 Å². The third kappa shape index (κ3) is 1.64. The summed E-state index contributed by atoms with van der Waals surface area (Å²) in [6, 6.07) is 1.98. The van der Waals surface area contributed by atoms with Crippen LogP contribution in [0, 0.1) is 20.8 Å².